The van der Waals surface area contributed by atoms with Crippen molar-refractivity contribution in [3.8, 4) is 0 Å². The number of hydrogen-bond donors (Lipinski definition) is 3. The molecule has 0 unspecified atom stereocenters. The summed E-state index contributed by atoms with van der Waals surface area (Å²) in [6.45, 7) is 0. The van der Waals surface area contributed by atoms with Crippen LogP contribution in [0.25, 0.3) is 0 Å². The van der Waals surface area contributed by atoms with Crippen molar-refractivity contribution >= 4 is 17.7 Å². The molecule has 0 heterocycles. The zero-order valence-corrected chi connectivity index (χ0v) is 9.87. The maximum atomic E-state index is 13.1. The number of benzene rings is 1. The van der Waals surface area contributed by atoms with Crippen LogP contribution in [0.3, 0.4) is 0 Å². The molecule has 0 radical (unpaired) electrons. The van der Waals surface area contributed by atoms with Gasteiger partial charge in [0.05, 0.1) is 11.3 Å². The maximum Gasteiger partial charge on any atom is 0.337 e. The summed E-state index contributed by atoms with van der Waals surface area (Å²) in [5.74, 6) is -3.94. The van der Waals surface area contributed by atoms with Crippen LogP contribution in [0.1, 0.15) is 29.6 Å². The third-order valence-corrected chi connectivity index (χ3v) is 2.98. The van der Waals surface area contributed by atoms with Gasteiger partial charge in [0.2, 0.25) is 0 Å². The molecular formula is C12H12F2N2O3. The van der Waals surface area contributed by atoms with E-state index in [0.29, 0.717) is 12.1 Å². The van der Waals surface area contributed by atoms with Gasteiger partial charge in [0.25, 0.3) is 0 Å². The van der Waals surface area contributed by atoms with Crippen molar-refractivity contribution < 1.29 is 23.5 Å². The standard InChI is InChI=1S/C12H12F2N2O3/c13-8-4-7(11(17)18)10(5-9(8)14)16-12(19)15-6-2-1-3-6/h4-6H,1-3H2,(H,17,18)(H2,15,16,19). The van der Waals surface area contributed by atoms with Gasteiger partial charge < -0.3 is 15.7 Å². The number of aromatic carboxylic acids is 1. The summed E-state index contributed by atoms with van der Waals surface area (Å²) in [5, 5.41) is 13.7. The minimum Gasteiger partial charge on any atom is -0.478 e. The summed E-state index contributed by atoms with van der Waals surface area (Å²) in [7, 11) is 0. The lowest BCUT2D eigenvalue weighted by molar-refractivity contribution is 0.0697. The third kappa shape index (κ3) is 2.98. The minimum atomic E-state index is -1.45. The van der Waals surface area contributed by atoms with Gasteiger partial charge in [0.1, 0.15) is 0 Å². The fourth-order valence-electron chi connectivity index (χ4n) is 1.72. The van der Waals surface area contributed by atoms with E-state index in [1.807, 2.05) is 0 Å². The van der Waals surface area contributed by atoms with Crippen LogP contribution >= 0.6 is 0 Å². The van der Waals surface area contributed by atoms with Crippen LogP contribution in [0.15, 0.2) is 12.1 Å². The number of rotatable bonds is 3. The van der Waals surface area contributed by atoms with Crippen molar-refractivity contribution in [3.05, 3.63) is 29.3 Å². The van der Waals surface area contributed by atoms with E-state index < -0.39 is 29.2 Å². The van der Waals surface area contributed by atoms with Gasteiger partial charge in [-0.25, -0.2) is 18.4 Å². The lowest BCUT2D eigenvalue weighted by Gasteiger charge is -2.26. The van der Waals surface area contributed by atoms with E-state index in [9.17, 15) is 18.4 Å². The Hall–Kier alpha value is -2.18. The predicted molar refractivity (Wildman–Crippen MR) is 63.1 cm³/mol. The first-order valence-electron chi connectivity index (χ1n) is 5.77. The van der Waals surface area contributed by atoms with Crippen molar-refractivity contribution in [1.29, 1.82) is 0 Å². The molecule has 2 amide bonds. The Morgan fingerprint density at radius 1 is 1.21 bits per heavy atom. The number of amides is 2. The van der Waals surface area contributed by atoms with Gasteiger partial charge in [-0.15, -0.1) is 0 Å². The molecule has 1 aromatic rings. The van der Waals surface area contributed by atoms with Gasteiger partial charge in [0.15, 0.2) is 11.6 Å². The molecule has 0 aromatic heterocycles. The maximum absolute atomic E-state index is 13.1. The second-order valence-electron chi connectivity index (χ2n) is 4.34. The number of carboxylic acids is 1. The summed E-state index contributed by atoms with van der Waals surface area (Å²) < 4.78 is 26.0. The quantitative estimate of drug-likeness (QED) is 0.788. The van der Waals surface area contributed by atoms with Crippen LogP contribution in [0, 0.1) is 11.6 Å². The number of carbonyl (C=O) groups excluding carboxylic acids is 1. The Morgan fingerprint density at radius 2 is 1.84 bits per heavy atom. The Kier molecular flexibility index (Phi) is 3.64. The molecule has 1 aromatic carbocycles. The van der Waals surface area contributed by atoms with Crippen molar-refractivity contribution in [2.24, 2.45) is 0 Å². The molecule has 1 aliphatic carbocycles. The van der Waals surface area contributed by atoms with Crippen molar-refractivity contribution in [2.75, 3.05) is 5.32 Å². The van der Waals surface area contributed by atoms with Gasteiger partial charge >= 0.3 is 12.0 Å². The van der Waals surface area contributed by atoms with E-state index >= 15 is 0 Å². The largest absolute Gasteiger partial charge is 0.478 e. The molecule has 0 aliphatic heterocycles. The van der Waals surface area contributed by atoms with E-state index in [-0.39, 0.29) is 11.7 Å². The topological polar surface area (TPSA) is 78.4 Å². The molecule has 7 heteroatoms. The van der Waals surface area contributed by atoms with Gasteiger partial charge in [-0.2, -0.15) is 0 Å². The third-order valence-electron chi connectivity index (χ3n) is 2.98. The van der Waals surface area contributed by atoms with Crippen LogP contribution in [-0.2, 0) is 0 Å². The fraction of sp³-hybridized carbons (Fsp3) is 0.333. The second-order valence-corrected chi connectivity index (χ2v) is 4.34. The highest BCUT2D eigenvalue weighted by Crippen LogP contribution is 2.21. The van der Waals surface area contributed by atoms with E-state index in [0.717, 1.165) is 19.3 Å². The normalized spacial score (nSPS) is 14.6. The molecule has 1 saturated carbocycles. The monoisotopic (exact) mass is 270 g/mol. The Labute approximate surface area is 107 Å². The number of carboxylic acid groups (broad SMARTS) is 1. The predicted octanol–water partition coefficient (Wildman–Crippen LogP) is 2.34. The molecule has 19 heavy (non-hydrogen) atoms. The zero-order valence-electron chi connectivity index (χ0n) is 9.87. The summed E-state index contributed by atoms with van der Waals surface area (Å²) >= 11 is 0. The molecule has 1 fully saturated rings. The lowest BCUT2D eigenvalue weighted by atomic mass is 9.93. The number of halogens is 2. The minimum absolute atomic E-state index is 0.0542. The smallest absolute Gasteiger partial charge is 0.337 e. The van der Waals surface area contributed by atoms with E-state index in [4.69, 9.17) is 5.11 Å². The number of nitrogens with one attached hydrogen (secondary N) is 2. The molecule has 1 aliphatic rings. The molecule has 0 spiro atoms. The van der Waals surface area contributed by atoms with E-state index in [1.165, 1.54) is 0 Å². The fourth-order valence-corrected chi connectivity index (χ4v) is 1.72. The number of hydrogen-bond acceptors (Lipinski definition) is 2. The Balaban J connectivity index is 2.15. The number of anilines is 1. The van der Waals surface area contributed by atoms with Gasteiger partial charge in [-0.05, 0) is 25.3 Å². The van der Waals surface area contributed by atoms with Gasteiger partial charge in [-0.1, -0.05) is 0 Å². The zero-order chi connectivity index (χ0) is 14.0. The molecule has 0 saturated heterocycles. The summed E-state index contributed by atoms with van der Waals surface area (Å²) in [4.78, 5) is 22.5. The average molecular weight is 270 g/mol. The Morgan fingerprint density at radius 3 is 2.37 bits per heavy atom. The van der Waals surface area contributed by atoms with Crippen LogP contribution in [0.5, 0.6) is 0 Å². The average Bonchev–Trinajstić information content (AvgIpc) is 2.28. The summed E-state index contributed by atoms with van der Waals surface area (Å²) in [5.41, 5.74) is -0.772. The highest BCUT2D eigenvalue weighted by molar-refractivity contribution is 6.00. The first-order valence-corrected chi connectivity index (χ1v) is 5.77. The highest BCUT2D eigenvalue weighted by Gasteiger charge is 2.21. The first-order chi connectivity index (χ1) is 8.97. The summed E-state index contributed by atoms with van der Waals surface area (Å²) in [6, 6.07) is 0.618. The molecule has 2 rings (SSSR count). The van der Waals surface area contributed by atoms with Crippen molar-refractivity contribution in [2.45, 2.75) is 25.3 Å². The number of carbonyl (C=O) groups is 2. The van der Waals surface area contributed by atoms with Crippen LogP contribution < -0.4 is 10.6 Å². The van der Waals surface area contributed by atoms with E-state index in [1.54, 1.807) is 0 Å². The molecular weight excluding hydrogens is 258 g/mol. The SMILES string of the molecule is O=C(Nc1cc(F)c(F)cc1C(=O)O)NC1CCC1. The number of urea groups is 1. The van der Waals surface area contributed by atoms with Gasteiger partial charge in [-0.3, -0.25) is 0 Å². The van der Waals surface area contributed by atoms with Crippen LogP contribution in [-0.4, -0.2) is 23.1 Å². The van der Waals surface area contributed by atoms with E-state index in [2.05, 4.69) is 10.6 Å². The molecule has 5 nitrogen and oxygen atoms in total. The van der Waals surface area contributed by atoms with Crippen molar-refractivity contribution in [1.82, 2.24) is 5.32 Å². The summed E-state index contributed by atoms with van der Waals surface area (Å²) in [6.07, 6.45) is 2.74. The molecule has 102 valence electrons. The second kappa shape index (κ2) is 5.21. The van der Waals surface area contributed by atoms with Gasteiger partial charge in [0, 0.05) is 12.1 Å². The first kappa shape index (κ1) is 13.3. The Bertz CT molecular complexity index is 530. The molecule has 3 N–H and O–H groups in total. The van der Waals surface area contributed by atoms with Crippen LogP contribution in [0.4, 0.5) is 19.3 Å². The highest BCUT2D eigenvalue weighted by atomic mass is 19.2. The van der Waals surface area contributed by atoms with Crippen LogP contribution in [0.2, 0.25) is 0 Å². The van der Waals surface area contributed by atoms with Crippen molar-refractivity contribution in [3.63, 3.8) is 0 Å². The molecule has 0 atom stereocenters. The lowest BCUT2D eigenvalue weighted by Crippen LogP contribution is -2.42. The molecule has 0 bridgehead atoms.